The number of rotatable bonds is 9. The summed E-state index contributed by atoms with van der Waals surface area (Å²) in [4.78, 5) is 11.2. The van der Waals surface area contributed by atoms with Gasteiger partial charge in [-0.15, -0.1) is 0 Å². The third-order valence-corrected chi connectivity index (χ3v) is 2.65. The first-order valence-corrected chi connectivity index (χ1v) is 7.14. The molecule has 0 aliphatic heterocycles. The molecule has 0 unspecified atom stereocenters. The first kappa shape index (κ1) is 17.6. The van der Waals surface area contributed by atoms with Crippen LogP contribution in [0.2, 0.25) is 0 Å². The minimum atomic E-state index is -0.120. The zero-order valence-electron chi connectivity index (χ0n) is 11.9. The molecule has 0 bridgehead atoms. The second-order valence-corrected chi connectivity index (χ2v) is 4.34. The predicted molar refractivity (Wildman–Crippen MR) is 78.3 cm³/mol. The maximum Gasteiger partial charge on any atom is 0.219 e. The first-order chi connectivity index (χ1) is 9.31. The molecule has 0 radical (unpaired) electrons. The third-order valence-electron chi connectivity index (χ3n) is 2.65. The summed E-state index contributed by atoms with van der Waals surface area (Å²) in [6, 6.07) is 0. The molecular formula is C16H25NO2. The minimum Gasteiger partial charge on any atom is -0.384 e. The standard InChI is InChI=1S/C16H25NO2/c1-2-17-16(19)14-12-10-8-6-4-3-5-7-9-11-13-15-18/h18H,2-6,8,10,12,14-15H2,1H3,(H,17,19). The fraction of sp³-hybridized carbons (Fsp3) is 0.688. The largest absolute Gasteiger partial charge is 0.384 e. The van der Waals surface area contributed by atoms with Crippen LogP contribution in [-0.2, 0) is 4.79 Å². The second-order valence-electron chi connectivity index (χ2n) is 4.34. The van der Waals surface area contributed by atoms with Crippen molar-refractivity contribution in [1.29, 1.82) is 0 Å². The van der Waals surface area contributed by atoms with Crippen LogP contribution >= 0.6 is 0 Å². The molecule has 19 heavy (non-hydrogen) atoms. The molecule has 106 valence electrons. The quantitative estimate of drug-likeness (QED) is 0.495. The van der Waals surface area contributed by atoms with Crippen molar-refractivity contribution in [1.82, 2.24) is 5.32 Å². The summed E-state index contributed by atoms with van der Waals surface area (Å²) in [5.41, 5.74) is 0. The Kier molecular flexibility index (Phi) is 13.5. The van der Waals surface area contributed by atoms with Crippen LogP contribution in [0.25, 0.3) is 0 Å². The van der Waals surface area contributed by atoms with Crippen LogP contribution in [0.5, 0.6) is 0 Å². The highest BCUT2D eigenvalue weighted by Crippen LogP contribution is 2.08. The fourth-order valence-electron chi connectivity index (χ4n) is 1.68. The molecule has 0 spiro atoms. The third kappa shape index (κ3) is 14.5. The number of nitrogens with one attached hydrogen (secondary N) is 1. The smallest absolute Gasteiger partial charge is 0.219 e. The molecule has 0 atom stereocenters. The molecular weight excluding hydrogens is 238 g/mol. The summed E-state index contributed by atoms with van der Waals surface area (Å²) in [7, 11) is 0. The van der Waals surface area contributed by atoms with Crippen molar-refractivity contribution in [3.8, 4) is 23.7 Å². The van der Waals surface area contributed by atoms with E-state index in [0.29, 0.717) is 6.42 Å². The van der Waals surface area contributed by atoms with Gasteiger partial charge in [-0.25, -0.2) is 0 Å². The summed E-state index contributed by atoms with van der Waals surface area (Å²) >= 11 is 0. The summed E-state index contributed by atoms with van der Waals surface area (Å²) in [6.07, 6.45) is 8.33. The first-order valence-electron chi connectivity index (χ1n) is 7.14. The summed E-state index contributed by atoms with van der Waals surface area (Å²) in [5, 5.41) is 11.2. The zero-order valence-corrected chi connectivity index (χ0v) is 11.9. The van der Waals surface area contributed by atoms with E-state index in [4.69, 9.17) is 5.11 Å². The van der Waals surface area contributed by atoms with Gasteiger partial charge in [-0.1, -0.05) is 37.5 Å². The van der Waals surface area contributed by atoms with Crippen LogP contribution in [0.3, 0.4) is 0 Å². The molecule has 0 aromatic heterocycles. The Morgan fingerprint density at radius 3 is 2.32 bits per heavy atom. The van der Waals surface area contributed by atoms with E-state index in [1.54, 1.807) is 0 Å². The fourth-order valence-corrected chi connectivity index (χ4v) is 1.68. The van der Waals surface area contributed by atoms with E-state index in [2.05, 4.69) is 29.0 Å². The Morgan fingerprint density at radius 1 is 1.00 bits per heavy atom. The number of amides is 1. The van der Waals surface area contributed by atoms with Crippen molar-refractivity contribution in [2.75, 3.05) is 13.2 Å². The van der Waals surface area contributed by atoms with E-state index in [-0.39, 0.29) is 12.5 Å². The Bertz CT molecular complexity index is 341. The monoisotopic (exact) mass is 263 g/mol. The van der Waals surface area contributed by atoms with Crippen LogP contribution in [0, 0.1) is 23.7 Å². The molecule has 3 heteroatoms. The molecule has 0 aromatic carbocycles. The normalized spacial score (nSPS) is 8.95. The Labute approximate surface area is 117 Å². The van der Waals surface area contributed by atoms with E-state index in [0.717, 1.165) is 32.2 Å². The topological polar surface area (TPSA) is 49.3 Å². The average molecular weight is 263 g/mol. The number of carbonyl (C=O) groups is 1. The van der Waals surface area contributed by atoms with Crippen molar-refractivity contribution in [3.63, 3.8) is 0 Å². The highest BCUT2D eigenvalue weighted by atomic mass is 16.2. The highest BCUT2D eigenvalue weighted by molar-refractivity contribution is 5.75. The van der Waals surface area contributed by atoms with E-state index >= 15 is 0 Å². The van der Waals surface area contributed by atoms with E-state index < -0.39 is 0 Å². The Balaban J connectivity index is 3.22. The Hall–Kier alpha value is -1.45. The Morgan fingerprint density at radius 2 is 1.63 bits per heavy atom. The van der Waals surface area contributed by atoms with Gasteiger partial charge in [0.1, 0.15) is 6.61 Å². The average Bonchev–Trinajstić information content (AvgIpc) is 2.40. The zero-order chi connectivity index (χ0) is 14.2. The van der Waals surface area contributed by atoms with Gasteiger partial charge in [-0.2, -0.15) is 0 Å². The molecule has 1 amide bonds. The van der Waals surface area contributed by atoms with Gasteiger partial charge >= 0.3 is 0 Å². The number of unbranched alkanes of at least 4 members (excludes halogenated alkanes) is 6. The van der Waals surface area contributed by atoms with Crippen LogP contribution in [0.15, 0.2) is 0 Å². The number of hydrogen-bond donors (Lipinski definition) is 2. The van der Waals surface area contributed by atoms with Crippen LogP contribution < -0.4 is 5.32 Å². The van der Waals surface area contributed by atoms with E-state index in [1.165, 1.54) is 19.3 Å². The lowest BCUT2D eigenvalue weighted by atomic mass is 10.1. The second kappa shape index (κ2) is 14.6. The van der Waals surface area contributed by atoms with Crippen molar-refractivity contribution >= 4 is 5.91 Å². The van der Waals surface area contributed by atoms with Gasteiger partial charge in [0.25, 0.3) is 0 Å². The molecule has 0 aliphatic carbocycles. The molecule has 0 rings (SSSR count). The van der Waals surface area contributed by atoms with Gasteiger partial charge in [-0.3, -0.25) is 4.79 Å². The lowest BCUT2D eigenvalue weighted by Crippen LogP contribution is -2.21. The van der Waals surface area contributed by atoms with Crippen molar-refractivity contribution in [2.45, 2.75) is 58.3 Å². The molecule has 0 aliphatic rings. The molecule has 3 nitrogen and oxygen atoms in total. The van der Waals surface area contributed by atoms with Gasteiger partial charge < -0.3 is 10.4 Å². The van der Waals surface area contributed by atoms with Crippen LogP contribution in [0.4, 0.5) is 0 Å². The van der Waals surface area contributed by atoms with Gasteiger partial charge in [0.2, 0.25) is 5.91 Å². The maximum absolute atomic E-state index is 11.2. The molecule has 2 N–H and O–H groups in total. The number of carbonyl (C=O) groups excluding carboxylic acids is 1. The van der Waals surface area contributed by atoms with Gasteiger partial charge in [-0.05, 0) is 31.6 Å². The number of hydrogen-bond acceptors (Lipinski definition) is 2. The van der Waals surface area contributed by atoms with Crippen LogP contribution in [-0.4, -0.2) is 24.2 Å². The lowest BCUT2D eigenvalue weighted by molar-refractivity contribution is -0.121. The predicted octanol–water partition coefficient (Wildman–Crippen LogP) is 2.24. The molecule has 0 aromatic rings. The van der Waals surface area contributed by atoms with E-state index in [9.17, 15) is 4.79 Å². The van der Waals surface area contributed by atoms with Crippen molar-refractivity contribution in [2.24, 2.45) is 0 Å². The molecule has 0 saturated heterocycles. The number of aliphatic hydroxyl groups is 1. The van der Waals surface area contributed by atoms with Crippen molar-refractivity contribution < 1.29 is 9.90 Å². The molecule has 0 heterocycles. The summed E-state index contributed by atoms with van der Waals surface area (Å²) in [6.45, 7) is 2.55. The molecule has 0 fully saturated rings. The maximum atomic E-state index is 11.2. The van der Waals surface area contributed by atoms with E-state index in [1.807, 2.05) is 6.92 Å². The number of aliphatic hydroxyl groups excluding tert-OH is 1. The van der Waals surface area contributed by atoms with Crippen molar-refractivity contribution in [3.05, 3.63) is 0 Å². The lowest BCUT2D eigenvalue weighted by Gasteiger charge is -2.02. The molecule has 0 saturated carbocycles. The van der Waals surface area contributed by atoms with Gasteiger partial charge in [0.05, 0.1) is 0 Å². The summed E-state index contributed by atoms with van der Waals surface area (Å²) in [5.74, 6) is 10.9. The SMILES string of the molecule is CCNC(=O)CCCCCCCCC#CC#CCO. The minimum absolute atomic E-state index is 0.120. The highest BCUT2D eigenvalue weighted by Gasteiger charge is 1.98. The van der Waals surface area contributed by atoms with Crippen LogP contribution in [0.1, 0.15) is 58.3 Å². The van der Waals surface area contributed by atoms with Gasteiger partial charge in [0.15, 0.2) is 0 Å². The summed E-state index contributed by atoms with van der Waals surface area (Å²) < 4.78 is 0. The van der Waals surface area contributed by atoms with Gasteiger partial charge in [0, 0.05) is 19.4 Å².